The Morgan fingerprint density at radius 2 is 0.514 bits per heavy atom. The van der Waals surface area contributed by atoms with Crippen LogP contribution in [0.4, 0.5) is 0 Å². The molecule has 0 saturated carbocycles. The molecule has 5 N–H and O–H groups in total. The van der Waals surface area contributed by atoms with Gasteiger partial charge in [-0.2, -0.15) is 0 Å². The Balaban J connectivity index is -0.000000480. The third kappa shape index (κ3) is 39.6. The van der Waals surface area contributed by atoms with Crippen molar-refractivity contribution in [3.05, 3.63) is 0 Å². The summed E-state index contributed by atoms with van der Waals surface area (Å²) in [6.45, 7) is -2.30. The van der Waals surface area contributed by atoms with E-state index in [1.54, 1.807) is 0 Å². The third-order valence-corrected chi connectivity index (χ3v) is 7.15. The van der Waals surface area contributed by atoms with Gasteiger partial charge in [-0.3, -0.25) is 14.7 Å². The van der Waals surface area contributed by atoms with Crippen molar-refractivity contribution >= 4 is 38.0 Å². The topological polar surface area (TPSA) is 312 Å². The molecule has 0 saturated heterocycles. The molecule has 37 heavy (non-hydrogen) atoms. The summed E-state index contributed by atoms with van der Waals surface area (Å²) in [5.41, 5.74) is 0. The van der Waals surface area contributed by atoms with Gasteiger partial charge in [-0.15, -0.1) is 0 Å². The summed E-state index contributed by atoms with van der Waals surface area (Å²) in [6, 6.07) is 0. The van der Waals surface area contributed by atoms with E-state index in [1.165, 1.54) is 0 Å². The van der Waals surface area contributed by atoms with Crippen molar-refractivity contribution in [1.82, 2.24) is 14.7 Å². The molecule has 0 bridgehead atoms. The Morgan fingerprint density at radius 3 is 0.676 bits per heavy atom. The molecule has 0 amide bonds. The second-order valence-electron chi connectivity index (χ2n) is 6.80. The third-order valence-electron chi connectivity index (χ3n) is 3.36. The SMILES string of the molecule is O=P([O-])(O)CN(CCN(CP(=O)([O-])O)CP(=O)([O-])O)CCN(CP(=O)([O-])O)CP(=O)([O-])O.[Na+].[Na+].[Na+].[Na+].[Na+]. The Bertz CT molecular complexity index is 742. The van der Waals surface area contributed by atoms with Gasteiger partial charge in [0, 0.05) is 26.2 Å². The van der Waals surface area contributed by atoms with Crippen LogP contribution < -0.4 is 172 Å². The average Bonchev–Trinajstić information content (AvgIpc) is 2.41. The van der Waals surface area contributed by atoms with Crippen LogP contribution in [0, 0.1) is 0 Å². The maximum atomic E-state index is 11.2. The second kappa shape index (κ2) is 23.9. The van der Waals surface area contributed by atoms with E-state index >= 15 is 0 Å². The normalized spacial score (nSPS) is 19.2. The van der Waals surface area contributed by atoms with Crippen molar-refractivity contribution in [1.29, 1.82) is 0 Å². The molecule has 0 rings (SSSR count). The standard InChI is InChI=1S/C9H28N3O15P5.5Na/c13-28(14,15)5-10(1-3-11(6-29(16,17)18)7-30(19,20)21)2-4-12(8-31(22,23)24)9-32(25,26)27;;;;;/h1-9H2,(H2,13,14,15)(H2,16,17,18)(H2,19,20,21)(H2,22,23,24)(H2,25,26,27);;;;;/q;5*+1/p-5. The summed E-state index contributed by atoms with van der Waals surface area (Å²) in [5.74, 6) is 0. The van der Waals surface area contributed by atoms with Crippen molar-refractivity contribution in [3.63, 3.8) is 0 Å². The van der Waals surface area contributed by atoms with Crippen molar-refractivity contribution in [3.8, 4) is 0 Å². The van der Waals surface area contributed by atoms with Crippen LogP contribution >= 0.6 is 38.0 Å². The quantitative estimate of drug-likeness (QED) is 0.0745. The molecular formula is C9H23N3Na5O15P5. The summed E-state index contributed by atoms with van der Waals surface area (Å²) in [5, 5.41) is 0. The van der Waals surface area contributed by atoms with Gasteiger partial charge in [0.05, 0.1) is 31.4 Å². The van der Waals surface area contributed by atoms with Crippen LogP contribution in [0.25, 0.3) is 0 Å². The largest absolute Gasteiger partial charge is 1.00 e. The fraction of sp³-hybridized carbons (Fsp3) is 1.00. The first-order valence-electron chi connectivity index (χ1n) is 8.25. The Kier molecular flexibility index (Phi) is 35.6. The average molecular weight is 683 g/mol. The maximum absolute atomic E-state index is 11.2. The Labute approximate surface area is 324 Å². The van der Waals surface area contributed by atoms with E-state index in [4.69, 9.17) is 24.5 Å². The van der Waals surface area contributed by atoms with Gasteiger partial charge in [0.15, 0.2) is 0 Å². The first-order chi connectivity index (χ1) is 13.9. The van der Waals surface area contributed by atoms with E-state index in [9.17, 15) is 47.3 Å². The molecule has 0 aromatic carbocycles. The summed E-state index contributed by atoms with van der Waals surface area (Å²) in [6.07, 6.45) is -6.12. The molecule has 0 heterocycles. The molecular weight excluding hydrogens is 660 g/mol. The van der Waals surface area contributed by atoms with Crippen LogP contribution in [0.2, 0.25) is 0 Å². The van der Waals surface area contributed by atoms with Gasteiger partial charge in [0.1, 0.15) is 38.0 Å². The molecule has 0 aromatic rings. The van der Waals surface area contributed by atoms with Crippen LogP contribution in [0.3, 0.4) is 0 Å². The van der Waals surface area contributed by atoms with Crippen molar-refractivity contribution < 1.29 is 220 Å². The molecule has 0 aliphatic carbocycles. The van der Waals surface area contributed by atoms with Gasteiger partial charge in [0.2, 0.25) is 0 Å². The number of hydrogen-bond donors (Lipinski definition) is 5. The minimum Gasteiger partial charge on any atom is -0.778 e. The van der Waals surface area contributed by atoms with Gasteiger partial charge in [-0.25, -0.2) is 0 Å². The van der Waals surface area contributed by atoms with E-state index in [0.717, 1.165) is 4.90 Å². The van der Waals surface area contributed by atoms with Gasteiger partial charge < -0.3 is 71.8 Å². The van der Waals surface area contributed by atoms with Gasteiger partial charge in [-0.1, -0.05) is 0 Å². The molecule has 28 heteroatoms. The van der Waals surface area contributed by atoms with Crippen LogP contribution in [-0.2, 0) is 22.8 Å². The zero-order valence-corrected chi connectivity index (χ0v) is 35.7. The number of nitrogens with zero attached hydrogens (tertiary/aromatic N) is 3. The first kappa shape index (κ1) is 55.1. The zero-order valence-electron chi connectivity index (χ0n) is 21.3. The molecule has 0 spiro atoms. The summed E-state index contributed by atoms with van der Waals surface area (Å²) in [4.78, 5) is 102. The fourth-order valence-corrected chi connectivity index (χ4v) is 6.55. The summed E-state index contributed by atoms with van der Waals surface area (Å²) in [7, 11) is -25.3. The van der Waals surface area contributed by atoms with Crippen molar-refractivity contribution in [2.75, 3.05) is 57.6 Å². The monoisotopic (exact) mass is 683 g/mol. The van der Waals surface area contributed by atoms with E-state index in [2.05, 4.69) is 0 Å². The molecule has 0 aliphatic rings. The Hall–Kier alpha value is 5.63. The molecule has 0 aromatic heterocycles. The van der Waals surface area contributed by atoms with E-state index in [-0.39, 0.29) is 148 Å². The summed E-state index contributed by atoms with van der Waals surface area (Å²) >= 11 is 0. The predicted octanol–water partition coefficient (Wildman–Crippen LogP) is -20.6. The van der Waals surface area contributed by atoms with Crippen LogP contribution in [0.15, 0.2) is 0 Å². The molecule has 0 fully saturated rings. The first-order valence-corrected chi connectivity index (χ1v) is 17.1. The maximum Gasteiger partial charge on any atom is 1.00 e. The molecule has 0 radical (unpaired) electrons. The van der Waals surface area contributed by atoms with Gasteiger partial charge in [-0.05, 0) is 0 Å². The zero-order chi connectivity index (χ0) is 25.6. The predicted molar refractivity (Wildman–Crippen MR) is 98.4 cm³/mol. The molecule has 5 unspecified atom stereocenters. The van der Waals surface area contributed by atoms with E-state index in [1.807, 2.05) is 0 Å². The van der Waals surface area contributed by atoms with E-state index in [0.29, 0.717) is 9.80 Å². The molecule has 0 aliphatic heterocycles. The minimum atomic E-state index is -5.06. The molecule has 5 atom stereocenters. The fourth-order valence-electron chi connectivity index (χ4n) is 2.45. The molecule has 18 nitrogen and oxygen atoms in total. The second-order valence-corrected chi connectivity index (χ2v) is 14.6. The van der Waals surface area contributed by atoms with Gasteiger partial charge in [0.25, 0.3) is 0 Å². The smallest absolute Gasteiger partial charge is 0.778 e. The summed E-state index contributed by atoms with van der Waals surface area (Å²) < 4.78 is 55.4. The van der Waals surface area contributed by atoms with Crippen LogP contribution in [0.1, 0.15) is 0 Å². The molecule has 194 valence electrons. The number of hydrogen-bond acceptors (Lipinski definition) is 13. The Morgan fingerprint density at radius 1 is 0.378 bits per heavy atom. The van der Waals surface area contributed by atoms with Gasteiger partial charge >= 0.3 is 148 Å². The van der Waals surface area contributed by atoms with Crippen LogP contribution in [0.5, 0.6) is 0 Å². The van der Waals surface area contributed by atoms with Crippen molar-refractivity contribution in [2.45, 2.75) is 0 Å². The minimum absolute atomic E-state index is 0. The van der Waals surface area contributed by atoms with Crippen molar-refractivity contribution in [2.24, 2.45) is 0 Å². The van der Waals surface area contributed by atoms with Crippen LogP contribution in [-0.4, -0.2) is 96.8 Å². The number of rotatable bonds is 16. The van der Waals surface area contributed by atoms with E-state index < -0.39 is 95.6 Å².